The zero-order valence-electron chi connectivity index (χ0n) is 32.5. The molecule has 10 aliphatic rings. The van der Waals surface area contributed by atoms with Crippen molar-refractivity contribution in [2.24, 2.45) is 40.9 Å². The van der Waals surface area contributed by atoms with Gasteiger partial charge in [0.2, 0.25) is 0 Å². The highest BCUT2D eigenvalue weighted by molar-refractivity contribution is 5.85. The van der Waals surface area contributed by atoms with Crippen LogP contribution in [0.4, 0.5) is 5.69 Å². The average molecular weight is 706 g/mol. The van der Waals surface area contributed by atoms with Crippen LogP contribution in [-0.4, -0.2) is 6.04 Å². The molecule has 8 atom stereocenters. The Labute approximate surface area is 323 Å². The van der Waals surface area contributed by atoms with Gasteiger partial charge in [-0.25, -0.2) is 0 Å². The van der Waals surface area contributed by atoms with Crippen LogP contribution in [0.25, 0.3) is 5.57 Å². The van der Waals surface area contributed by atoms with Gasteiger partial charge in [0, 0.05) is 34.1 Å². The van der Waals surface area contributed by atoms with Gasteiger partial charge in [-0.05, 0) is 139 Å². The zero-order chi connectivity index (χ0) is 36.2. The number of hydrogen-bond acceptors (Lipinski definition) is 1. The SMILES string of the molecule is CC1C=CC(C2=CCC(N(C3=CCC4C(=C3)C3(C5=C(C=CCC5)C5C=CC=CC53)C3CCC=CC43)c3ccc4c(c3)C(C)(C)C3=C4CCC=C3)C=C2)=CC1. The molecule has 1 aromatic carbocycles. The van der Waals surface area contributed by atoms with E-state index in [-0.39, 0.29) is 16.9 Å². The Morgan fingerprint density at radius 3 is 2.44 bits per heavy atom. The number of benzene rings is 1. The lowest BCUT2D eigenvalue weighted by atomic mass is 9.58. The van der Waals surface area contributed by atoms with Gasteiger partial charge in [-0.2, -0.15) is 0 Å². The van der Waals surface area contributed by atoms with E-state index < -0.39 is 0 Å². The summed E-state index contributed by atoms with van der Waals surface area (Å²) in [6.07, 6.45) is 55.4. The first-order chi connectivity index (χ1) is 26.4. The van der Waals surface area contributed by atoms with Crippen LogP contribution >= 0.6 is 0 Å². The summed E-state index contributed by atoms with van der Waals surface area (Å²) in [4.78, 5) is 2.76. The summed E-state index contributed by atoms with van der Waals surface area (Å²) in [6, 6.07) is 7.80. The molecule has 10 aliphatic carbocycles. The minimum Gasteiger partial charge on any atom is -0.334 e. The molecule has 0 radical (unpaired) electrons. The molecule has 1 nitrogen and oxygen atoms in total. The van der Waals surface area contributed by atoms with Crippen molar-refractivity contribution in [3.63, 3.8) is 0 Å². The topological polar surface area (TPSA) is 3.24 Å². The number of anilines is 1. The smallest absolute Gasteiger partial charge is 0.0560 e. The van der Waals surface area contributed by atoms with E-state index in [1.807, 2.05) is 0 Å². The number of hydrogen-bond donors (Lipinski definition) is 0. The van der Waals surface area contributed by atoms with Crippen molar-refractivity contribution in [3.8, 4) is 0 Å². The van der Waals surface area contributed by atoms with Crippen molar-refractivity contribution < 1.29 is 0 Å². The fourth-order valence-corrected chi connectivity index (χ4v) is 13.1. The first-order valence-electron chi connectivity index (χ1n) is 21.4. The van der Waals surface area contributed by atoms with E-state index in [0.29, 0.717) is 35.5 Å². The zero-order valence-corrected chi connectivity index (χ0v) is 32.5. The van der Waals surface area contributed by atoms with Crippen molar-refractivity contribution in [1.29, 1.82) is 0 Å². The fraction of sp³-hybridized carbons (Fsp3) is 0.396. The summed E-state index contributed by atoms with van der Waals surface area (Å²) in [7, 11) is 0. The largest absolute Gasteiger partial charge is 0.334 e. The lowest BCUT2D eigenvalue weighted by Crippen LogP contribution is -2.39. The Kier molecular flexibility index (Phi) is 7.54. The number of fused-ring (bicyclic) bond motifs is 11. The Morgan fingerprint density at radius 2 is 1.59 bits per heavy atom. The maximum Gasteiger partial charge on any atom is 0.0560 e. The third kappa shape index (κ3) is 4.63. The van der Waals surface area contributed by atoms with Gasteiger partial charge < -0.3 is 4.90 Å². The van der Waals surface area contributed by atoms with Crippen molar-refractivity contribution in [2.75, 3.05) is 4.90 Å². The maximum atomic E-state index is 2.77. The molecule has 1 heteroatoms. The lowest BCUT2D eigenvalue weighted by molar-refractivity contribution is 0.178. The van der Waals surface area contributed by atoms with E-state index in [0.717, 1.165) is 32.1 Å². The van der Waals surface area contributed by atoms with Crippen molar-refractivity contribution >= 4 is 11.3 Å². The van der Waals surface area contributed by atoms with Crippen LogP contribution in [0, 0.1) is 40.9 Å². The predicted molar refractivity (Wildman–Crippen MR) is 227 cm³/mol. The molecule has 54 heavy (non-hydrogen) atoms. The number of allylic oxidation sites excluding steroid dienone is 23. The van der Waals surface area contributed by atoms with E-state index in [4.69, 9.17) is 0 Å². The molecule has 0 heterocycles. The molecule has 0 saturated heterocycles. The minimum absolute atomic E-state index is 0.00872. The molecule has 1 saturated carbocycles. The second-order valence-corrected chi connectivity index (χ2v) is 18.4. The van der Waals surface area contributed by atoms with Crippen LogP contribution < -0.4 is 4.90 Å². The summed E-state index contributed by atoms with van der Waals surface area (Å²) in [5.74, 6) is 3.53. The van der Waals surface area contributed by atoms with Gasteiger partial charge in [0.1, 0.15) is 0 Å². The van der Waals surface area contributed by atoms with Crippen LogP contribution in [0.15, 0.2) is 167 Å². The van der Waals surface area contributed by atoms with Crippen molar-refractivity contribution in [3.05, 3.63) is 178 Å². The van der Waals surface area contributed by atoms with E-state index >= 15 is 0 Å². The third-order valence-electron chi connectivity index (χ3n) is 15.5. The summed E-state index contributed by atoms with van der Waals surface area (Å²) in [5.41, 5.74) is 16.9. The molecule has 1 spiro atoms. The number of rotatable bonds is 4. The third-order valence-corrected chi connectivity index (χ3v) is 15.5. The number of nitrogens with zero attached hydrogens (tertiary/aromatic N) is 1. The Hall–Kier alpha value is -4.36. The first-order valence-corrected chi connectivity index (χ1v) is 21.4. The quantitative estimate of drug-likeness (QED) is 0.282. The first kappa shape index (κ1) is 33.0. The van der Waals surface area contributed by atoms with E-state index in [1.54, 1.807) is 22.3 Å². The van der Waals surface area contributed by atoms with Gasteiger partial charge >= 0.3 is 0 Å². The standard InChI is InChI=1S/C53H55N/c1-34-20-22-35(23-21-34)36-24-26-37(27-25-36)54(38-28-30-44-40-12-4-8-16-46(40)52(2,3)50(44)32-38)39-29-31-45-43-15-7-11-19-49(43)53(51(45)33-39)47-17-9-5-13-41(47)42-14-6-10-18-48(42)53/h5-9,13-17,20,22-26,28-30,32-34,37,41,43,45,47,49H,4,10-12,18-19,21,27,31H2,1-3H3. The Bertz CT molecular complexity index is 2240. The van der Waals surface area contributed by atoms with Gasteiger partial charge in [0.15, 0.2) is 0 Å². The molecule has 0 N–H and O–H groups in total. The molecule has 0 aliphatic heterocycles. The molecule has 1 fully saturated rings. The highest BCUT2D eigenvalue weighted by Gasteiger charge is 2.65. The summed E-state index contributed by atoms with van der Waals surface area (Å²) < 4.78 is 0. The van der Waals surface area contributed by atoms with E-state index in [2.05, 4.69) is 153 Å². The van der Waals surface area contributed by atoms with E-state index in [9.17, 15) is 0 Å². The lowest BCUT2D eigenvalue weighted by Gasteiger charge is -2.45. The summed E-state index contributed by atoms with van der Waals surface area (Å²) in [5, 5.41) is 0. The van der Waals surface area contributed by atoms with Gasteiger partial charge in [0.25, 0.3) is 0 Å². The van der Waals surface area contributed by atoms with E-state index in [1.165, 1.54) is 64.9 Å². The highest BCUT2D eigenvalue weighted by atomic mass is 15.2. The second kappa shape index (κ2) is 12.3. The molecule has 8 unspecified atom stereocenters. The Balaban J connectivity index is 1.05. The molecule has 0 bridgehead atoms. The second-order valence-electron chi connectivity index (χ2n) is 18.4. The van der Waals surface area contributed by atoms with Crippen LogP contribution in [0.5, 0.6) is 0 Å². The molecule has 0 aromatic heterocycles. The van der Waals surface area contributed by atoms with Gasteiger partial charge in [-0.15, -0.1) is 0 Å². The van der Waals surface area contributed by atoms with Crippen LogP contribution in [0.2, 0.25) is 0 Å². The van der Waals surface area contributed by atoms with Crippen LogP contribution in [0.3, 0.4) is 0 Å². The van der Waals surface area contributed by atoms with Gasteiger partial charge in [0.05, 0.1) is 6.04 Å². The molecule has 272 valence electrons. The van der Waals surface area contributed by atoms with Gasteiger partial charge in [-0.3, -0.25) is 0 Å². The van der Waals surface area contributed by atoms with Crippen molar-refractivity contribution in [1.82, 2.24) is 0 Å². The predicted octanol–water partition coefficient (Wildman–Crippen LogP) is 13.1. The molecule has 1 aromatic rings. The molecule has 11 rings (SSSR count). The maximum absolute atomic E-state index is 2.77. The monoisotopic (exact) mass is 705 g/mol. The minimum atomic E-state index is 0.00872. The van der Waals surface area contributed by atoms with Gasteiger partial charge in [-0.1, -0.05) is 141 Å². The molecular formula is C53H55N. The normalized spacial score (nSPS) is 35.9. The molecular weight excluding hydrogens is 651 g/mol. The summed E-state index contributed by atoms with van der Waals surface area (Å²) >= 11 is 0. The fourth-order valence-electron chi connectivity index (χ4n) is 13.1. The van der Waals surface area contributed by atoms with Crippen LogP contribution in [0.1, 0.15) is 89.7 Å². The Morgan fingerprint density at radius 1 is 0.759 bits per heavy atom. The van der Waals surface area contributed by atoms with Crippen molar-refractivity contribution in [2.45, 2.75) is 90.0 Å². The molecule has 0 amide bonds. The average Bonchev–Trinajstić information content (AvgIpc) is 3.77. The highest BCUT2D eigenvalue weighted by Crippen LogP contribution is 2.72. The summed E-state index contributed by atoms with van der Waals surface area (Å²) in [6.45, 7) is 7.22. The van der Waals surface area contributed by atoms with Crippen LogP contribution in [-0.2, 0) is 5.41 Å².